The van der Waals surface area contributed by atoms with Crippen LogP contribution >= 0.6 is 0 Å². The summed E-state index contributed by atoms with van der Waals surface area (Å²) in [6.07, 6.45) is 2.31. The molecule has 4 rings (SSSR count). The largest absolute Gasteiger partial charge is 0.497 e. The number of carbonyl (C=O) groups is 1. The van der Waals surface area contributed by atoms with Crippen molar-refractivity contribution in [3.05, 3.63) is 54.0 Å². The molecule has 1 aromatic carbocycles. The Kier molecular flexibility index (Phi) is 2.85. The molecule has 1 amide bonds. The van der Waals surface area contributed by atoms with E-state index in [0.29, 0.717) is 18.1 Å². The van der Waals surface area contributed by atoms with Crippen LogP contribution in [0.3, 0.4) is 0 Å². The number of carbonyl (C=O) groups excluding carboxylic acids is 1. The molecule has 0 aliphatic carbocycles. The molecule has 0 saturated heterocycles. The molecule has 0 bridgehead atoms. The Balaban J connectivity index is 1.80. The minimum Gasteiger partial charge on any atom is -0.497 e. The van der Waals surface area contributed by atoms with Gasteiger partial charge in [0.1, 0.15) is 11.6 Å². The van der Waals surface area contributed by atoms with Crippen LogP contribution in [0.15, 0.2) is 47.1 Å². The van der Waals surface area contributed by atoms with Gasteiger partial charge in [-0.05, 0) is 42.3 Å². The number of benzene rings is 1. The van der Waals surface area contributed by atoms with E-state index in [1.54, 1.807) is 24.1 Å². The molecule has 5 heteroatoms. The summed E-state index contributed by atoms with van der Waals surface area (Å²) in [6.45, 7) is 0.620. The summed E-state index contributed by atoms with van der Waals surface area (Å²) in [4.78, 5) is 18.8. The molecule has 0 spiro atoms. The lowest BCUT2D eigenvalue weighted by Gasteiger charge is -2.15. The zero-order valence-corrected chi connectivity index (χ0v) is 12.1. The molecule has 0 saturated carbocycles. The topological polar surface area (TPSA) is 55.6 Å². The molecule has 5 nitrogen and oxygen atoms in total. The maximum Gasteiger partial charge on any atom is 0.295 e. The smallest absolute Gasteiger partial charge is 0.295 e. The van der Waals surface area contributed by atoms with Gasteiger partial charge < -0.3 is 9.15 Å². The second-order valence-electron chi connectivity index (χ2n) is 5.21. The van der Waals surface area contributed by atoms with E-state index < -0.39 is 0 Å². The molecular weight excluding hydrogens is 280 g/mol. The van der Waals surface area contributed by atoms with Crippen molar-refractivity contribution in [2.45, 2.75) is 6.42 Å². The molecule has 1 aliphatic heterocycles. The van der Waals surface area contributed by atoms with Crippen molar-refractivity contribution in [1.82, 2.24) is 4.98 Å². The van der Waals surface area contributed by atoms with Crippen LogP contribution in [0.5, 0.6) is 5.75 Å². The van der Waals surface area contributed by atoms with E-state index >= 15 is 0 Å². The Bertz CT molecular complexity index is 856. The van der Waals surface area contributed by atoms with Gasteiger partial charge in [0.15, 0.2) is 5.76 Å². The van der Waals surface area contributed by atoms with Crippen LogP contribution in [0.1, 0.15) is 16.1 Å². The number of fused-ring (bicyclic) bond motifs is 2. The van der Waals surface area contributed by atoms with Crippen molar-refractivity contribution in [2.24, 2.45) is 0 Å². The predicted octanol–water partition coefficient (Wildman–Crippen LogP) is 3.04. The Morgan fingerprint density at radius 1 is 1.32 bits per heavy atom. The highest BCUT2D eigenvalue weighted by Crippen LogP contribution is 2.31. The van der Waals surface area contributed by atoms with E-state index in [0.717, 1.165) is 28.6 Å². The Hall–Kier alpha value is -2.82. The molecule has 0 fully saturated rings. The monoisotopic (exact) mass is 294 g/mol. The zero-order chi connectivity index (χ0) is 15.1. The first-order valence-electron chi connectivity index (χ1n) is 7.09. The molecule has 0 N–H and O–H groups in total. The van der Waals surface area contributed by atoms with Gasteiger partial charge in [-0.2, -0.15) is 0 Å². The standard InChI is InChI=1S/C17H14N2O3/c1-21-13-5-4-11-9-12-6-7-19(16(12)18-14(11)10-13)17(20)15-3-2-8-22-15/h2-5,8-10H,6-7H2,1H3. The number of nitrogens with zero attached hydrogens (tertiary/aromatic N) is 2. The first-order chi connectivity index (χ1) is 10.8. The maximum atomic E-state index is 12.5. The Morgan fingerprint density at radius 3 is 3.00 bits per heavy atom. The minimum absolute atomic E-state index is 0.154. The van der Waals surface area contributed by atoms with Gasteiger partial charge in [-0.3, -0.25) is 9.69 Å². The van der Waals surface area contributed by atoms with E-state index in [1.807, 2.05) is 18.2 Å². The summed E-state index contributed by atoms with van der Waals surface area (Å²) in [5.41, 5.74) is 1.90. The third kappa shape index (κ3) is 1.94. The van der Waals surface area contributed by atoms with E-state index in [1.165, 1.54) is 6.26 Å². The lowest BCUT2D eigenvalue weighted by molar-refractivity contribution is 0.0962. The van der Waals surface area contributed by atoms with E-state index in [-0.39, 0.29) is 5.91 Å². The number of amides is 1. The fourth-order valence-electron chi connectivity index (χ4n) is 2.79. The van der Waals surface area contributed by atoms with Crippen LogP contribution < -0.4 is 9.64 Å². The Labute approximate surface area is 127 Å². The molecule has 3 heterocycles. The molecule has 3 aromatic rings. The second-order valence-corrected chi connectivity index (χ2v) is 5.21. The number of anilines is 1. The SMILES string of the molecule is COc1ccc2cc3c(nc2c1)N(C(=O)c1ccco1)CC3. The van der Waals surface area contributed by atoms with Gasteiger partial charge in [0, 0.05) is 18.0 Å². The van der Waals surface area contributed by atoms with Gasteiger partial charge in [-0.15, -0.1) is 0 Å². The van der Waals surface area contributed by atoms with Crippen LogP contribution in [0.4, 0.5) is 5.82 Å². The maximum absolute atomic E-state index is 12.5. The van der Waals surface area contributed by atoms with Crippen molar-refractivity contribution in [1.29, 1.82) is 0 Å². The lowest BCUT2D eigenvalue weighted by atomic mass is 10.1. The van der Waals surface area contributed by atoms with Crippen LogP contribution in [-0.4, -0.2) is 24.5 Å². The summed E-state index contributed by atoms with van der Waals surface area (Å²) < 4.78 is 10.4. The normalized spacial score (nSPS) is 13.4. The molecule has 110 valence electrons. The average Bonchev–Trinajstić information content (AvgIpc) is 3.21. The lowest BCUT2D eigenvalue weighted by Crippen LogP contribution is -2.29. The number of hydrogen-bond donors (Lipinski definition) is 0. The van der Waals surface area contributed by atoms with Crippen molar-refractivity contribution < 1.29 is 13.9 Å². The van der Waals surface area contributed by atoms with Crippen molar-refractivity contribution in [2.75, 3.05) is 18.6 Å². The number of ether oxygens (including phenoxy) is 1. The quantitative estimate of drug-likeness (QED) is 0.729. The van der Waals surface area contributed by atoms with Gasteiger partial charge in [0.2, 0.25) is 0 Å². The summed E-state index contributed by atoms with van der Waals surface area (Å²) in [7, 11) is 1.63. The molecule has 0 radical (unpaired) electrons. The molecular formula is C17H14N2O3. The van der Waals surface area contributed by atoms with Crippen molar-refractivity contribution in [3.8, 4) is 5.75 Å². The summed E-state index contributed by atoms with van der Waals surface area (Å²) in [5, 5.41) is 1.05. The minimum atomic E-state index is -0.154. The third-order valence-corrected chi connectivity index (χ3v) is 3.92. The summed E-state index contributed by atoms with van der Waals surface area (Å²) in [5.74, 6) is 1.64. The number of aromatic nitrogens is 1. The van der Waals surface area contributed by atoms with Gasteiger partial charge >= 0.3 is 0 Å². The third-order valence-electron chi connectivity index (χ3n) is 3.92. The number of pyridine rings is 1. The summed E-state index contributed by atoms with van der Waals surface area (Å²) in [6, 6.07) is 11.2. The van der Waals surface area contributed by atoms with Crippen molar-refractivity contribution in [3.63, 3.8) is 0 Å². The number of rotatable bonds is 2. The zero-order valence-electron chi connectivity index (χ0n) is 12.1. The van der Waals surface area contributed by atoms with E-state index in [4.69, 9.17) is 9.15 Å². The van der Waals surface area contributed by atoms with Crippen molar-refractivity contribution >= 4 is 22.6 Å². The Morgan fingerprint density at radius 2 is 2.23 bits per heavy atom. The molecule has 1 aliphatic rings. The van der Waals surface area contributed by atoms with Crippen LogP contribution in [-0.2, 0) is 6.42 Å². The van der Waals surface area contributed by atoms with E-state index in [9.17, 15) is 4.79 Å². The molecule has 22 heavy (non-hydrogen) atoms. The van der Waals surface area contributed by atoms with Crippen LogP contribution in [0.2, 0.25) is 0 Å². The molecule has 0 unspecified atom stereocenters. The highest BCUT2D eigenvalue weighted by molar-refractivity contribution is 6.05. The first-order valence-corrected chi connectivity index (χ1v) is 7.09. The first kappa shape index (κ1) is 12.9. The van der Waals surface area contributed by atoms with Gasteiger partial charge in [0.05, 0.1) is 18.9 Å². The fraction of sp³-hybridized carbons (Fsp3) is 0.176. The van der Waals surface area contributed by atoms with Gasteiger partial charge in [0.25, 0.3) is 5.91 Å². The van der Waals surface area contributed by atoms with E-state index in [2.05, 4.69) is 11.1 Å². The molecule has 0 atom stereocenters. The second kappa shape index (κ2) is 4.87. The predicted molar refractivity (Wildman–Crippen MR) is 82.4 cm³/mol. The van der Waals surface area contributed by atoms with Crippen LogP contribution in [0.25, 0.3) is 10.9 Å². The summed E-state index contributed by atoms with van der Waals surface area (Å²) >= 11 is 0. The fourth-order valence-corrected chi connectivity index (χ4v) is 2.79. The number of methoxy groups -OCH3 is 1. The number of furan rings is 1. The average molecular weight is 294 g/mol. The highest BCUT2D eigenvalue weighted by Gasteiger charge is 2.28. The number of hydrogen-bond acceptors (Lipinski definition) is 4. The molecule has 2 aromatic heterocycles. The highest BCUT2D eigenvalue weighted by atomic mass is 16.5. The van der Waals surface area contributed by atoms with Crippen LogP contribution in [0, 0.1) is 0 Å². The van der Waals surface area contributed by atoms with Gasteiger partial charge in [-0.1, -0.05) is 0 Å². The van der Waals surface area contributed by atoms with Gasteiger partial charge in [-0.25, -0.2) is 4.98 Å².